The van der Waals surface area contributed by atoms with Gasteiger partial charge in [0.25, 0.3) is 0 Å². The highest BCUT2D eigenvalue weighted by atomic mass is 32.1. The van der Waals surface area contributed by atoms with E-state index in [9.17, 15) is 22.8 Å². The number of nitrogens with zero attached hydrogens (tertiary/aromatic N) is 3. The molecule has 1 unspecified atom stereocenters. The first-order valence-electron chi connectivity index (χ1n) is 9.64. The number of aromatic nitrogens is 1. The average Bonchev–Trinajstić information content (AvgIpc) is 3.11. The lowest BCUT2D eigenvalue weighted by atomic mass is 10.0. The molecule has 1 aromatic carbocycles. The molecule has 0 saturated carbocycles. The van der Waals surface area contributed by atoms with Gasteiger partial charge in [-0.1, -0.05) is 30.3 Å². The molecule has 1 aliphatic rings. The minimum atomic E-state index is -5.04. The maximum Gasteiger partial charge on any atom is 0.471 e. The molecular formula is C20H23F3N4O2S. The van der Waals surface area contributed by atoms with Crippen LogP contribution in [0.4, 0.5) is 13.2 Å². The predicted molar refractivity (Wildman–Crippen MR) is 107 cm³/mol. The average molecular weight is 440 g/mol. The first kappa shape index (κ1) is 22.2. The third-order valence-electron chi connectivity index (χ3n) is 4.89. The van der Waals surface area contributed by atoms with Gasteiger partial charge in [0.15, 0.2) is 0 Å². The van der Waals surface area contributed by atoms with Crippen LogP contribution < -0.4 is 5.32 Å². The van der Waals surface area contributed by atoms with Gasteiger partial charge in [0.2, 0.25) is 5.91 Å². The highest BCUT2D eigenvalue weighted by Crippen LogP contribution is 2.17. The Labute approximate surface area is 176 Å². The summed E-state index contributed by atoms with van der Waals surface area (Å²) in [4.78, 5) is 32.6. The van der Waals surface area contributed by atoms with Crippen LogP contribution in [0.3, 0.4) is 0 Å². The van der Waals surface area contributed by atoms with Crippen LogP contribution in [-0.2, 0) is 22.6 Å². The topological polar surface area (TPSA) is 65.5 Å². The van der Waals surface area contributed by atoms with Crippen molar-refractivity contribution in [1.82, 2.24) is 20.1 Å². The van der Waals surface area contributed by atoms with Gasteiger partial charge < -0.3 is 10.2 Å². The fraction of sp³-hybridized carbons (Fsp3) is 0.450. The SMILES string of the molecule is O=C(C(Cc1ccccc1)NC(=O)C(F)(F)F)N1CCCN(Cc2nccs2)CC1. The van der Waals surface area contributed by atoms with E-state index in [1.54, 1.807) is 52.8 Å². The molecular weight excluding hydrogens is 417 g/mol. The summed E-state index contributed by atoms with van der Waals surface area (Å²) in [7, 11) is 0. The summed E-state index contributed by atoms with van der Waals surface area (Å²) in [5, 5.41) is 4.78. The molecule has 1 aromatic heterocycles. The number of hydrogen-bond acceptors (Lipinski definition) is 5. The van der Waals surface area contributed by atoms with Crippen molar-refractivity contribution in [3.05, 3.63) is 52.5 Å². The van der Waals surface area contributed by atoms with Crippen LogP contribution in [0.15, 0.2) is 41.9 Å². The maximum absolute atomic E-state index is 13.1. The lowest BCUT2D eigenvalue weighted by Gasteiger charge is -2.27. The van der Waals surface area contributed by atoms with Gasteiger partial charge in [0.05, 0.1) is 6.54 Å². The van der Waals surface area contributed by atoms with Crippen LogP contribution in [0.1, 0.15) is 17.0 Å². The first-order chi connectivity index (χ1) is 14.3. The zero-order valence-electron chi connectivity index (χ0n) is 16.3. The predicted octanol–water partition coefficient (Wildman–Crippen LogP) is 2.47. The van der Waals surface area contributed by atoms with Crippen LogP contribution in [0.5, 0.6) is 0 Å². The molecule has 1 fully saturated rings. The smallest absolute Gasteiger partial charge is 0.340 e. The zero-order valence-corrected chi connectivity index (χ0v) is 17.1. The molecule has 30 heavy (non-hydrogen) atoms. The van der Waals surface area contributed by atoms with Gasteiger partial charge in [0, 0.05) is 44.2 Å². The summed E-state index contributed by atoms with van der Waals surface area (Å²) in [5.41, 5.74) is 0.679. The Morgan fingerprint density at radius 3 is 2.57 bits per heavy atom. The second-order valence-electron chi connectivity index (χ2n) is 7.09. The number of nitrogens with one attached hydrogen (secondary N) is 1. The third kappa shape index (κ3) is 6.27. The number of thiazole rings is 1. The van der Waals surface area contributed by atoms with E-state index in [1.807, 2.05) is 10.7 Å². The molecule has 1 atom stereocenters. The largest absolute Gasteiger partial charge is 0.471 e. The number of halogens is 3. The summed E-state index contributed by atoms with van der Waals surface area (Å²) in [6, 6.07) is 7.43. The van der Waals surface area contributed by atoms with E-state index in [0.717, 1.165) is 11.6 Å². The summed E-state index contributed by atoms with van der Waals surface area (Å²) < 4.78 is 38.4. The van der Waals surface area contributed by atoms with Crippen molar-refractivity contribution in [3.8, 4) is 0 Å². The zero-order chi connectivity index (χ0) is 21.6. The summed E-state index contributed by atoms with van der Waals surface area (Å²) in [6.07, 6.45) is -2.60. The fourth-order valence-corrected chi connectivity index (χ4v) is 4.04. The summed E-state index contributed by atoms with van der Waals surface area (Å²) in [6.45, 7) is 2.86. The van der Waals surface area contributed by atoms with Gasteiger partial charge in [-0.05, 0) is 12.0 Å². The normalized spacial score (nSPS) is 16.7. The standard InChI is InChI=1S/C20H23F3N4O2S/c21-20(22,23)19(29)25-16(13-15-5-2-1-3-6-15)18(28)27-9-4-8-26(10-11-27)14-17-24-7-12-30-17/h1-3,5-7,12,16H,4,8-11,13-14H2,(H,25,29). The van der Waals surface area contributed by atoms with Crippen molar-refractivity contribution >= 4 is 23.2 Å². The third-order valence-corrected chi connectivity index (χ3v) is 5.65. The Morgan fingerprint density at radius 1 is 1.13 bits per heavy atom. The van der Waals surface area contributed by atoms with E-state index in [0.29, 0.717) is 38.2 Å². The highest BCUT2D eigenvalue weighted by molar-refractivity contribution is 7.09. The molecule has 2 amide bonds. The Hall–Kier alpha value is -2.46. The van der Waals surface area contributed by atoms with E-state index in [4.69, 9.17) is 0 Å². The molecule has 0 aliphatic carbocycles. The second kappa shape index (κ2) is 10.0. The van der Waals surface area contributed by atoms with Crippen molar-refractivity contribution in [2.24, 2.45) is 0 Å². The Morgan fingerprint density at radius 2 is 1.90 bits per heavy atom. The Bertz CT molecular complexity index is 830. The molecule has 1 saturated heterocycles. The quantitative estimate of drug-likeness (QED) is 0.750. The van der Waals surface area contributed by atoms with E-state index >= 15 is 0 Å². The fourth-order valence-electron chi connectivity index (χ4n) is 3.38. The van der Waals surface area contributed by atoms with E-state index in [2.05, 4.69) is 9.88 Å². The molecule has 0 bridgehead atoms. The summed E-state index contributed by atoms with van der Waals surface area (Å²) in [5.74, 6) is -2.59. The van der Waals surface area contributed by atoms with Crippen LogP contribution in [0, 0.1) is 0 Å². The van der Waals surface area contributed by atoms with Gasteiger partial charge in [-0.25, -0.2) is 4.98 Å². The molecule has 3 rings (SSSR count). The first-order valence-corrected chi connectivity index (χ1v) is 10.5. The van der Waals surface area contributed by atoms with Crippen molar-refractivity contribution in [2.75, 3.05) is 26.2 Å². The second-order valence-corrected chi connectivity index (χ2v) is 8.07. The highest BCUT2D eigenvalue weighted by Gasteiger charge is 2.41. The van der Waals surface area contributed by atoms with Gasteiger partial charge in [-0.2, -0.15) is 13.2 Å². The monoisotopic (exact) mass is 440 g/mol. The molecule has 0 radical (unpaired) electrons. The van der Waals surface area contributed by atoms with Crippen LogP contribution in [0.25, 0.3) is 0 Å². The number of amides is 2. The molecule has 1 aliphatic heterocycles. The van der Waals surface area contributed by atoms with Crippen molar-refractivity contribution < 1.29 is 22.8 Å². The van der Waals surface area contributed by atoms with Crippen molar-refractivity contribution in [3.63, 3.8) is 0 Å². The Balaban J connectivity index is 1.67. The number of benzene rings is 1. The molecule has 1 N–H and O–H groups in total. The molecule has 0 spiro atoms. The number of carbonyl (C=O) groups is 2. The number of hydrogen-bond donors (Lipinski definition) is 1. The number of rotatable bonds is 6. The molecule has 10 heteroatoms. The van der Waals surface area contributed by atoms with Crippen LogP contribution in [0.2, 0.25) is 0 Å². The van der Waals surface area contributed by atoms with E-state index < -0.39 is 24.0 Å². The summed E-state index contributed by atoms with van der Waals surface area (Å²) >= 11 is 1.56. The van der Waals surface area contributed by atoms with Crippen LogP contribution in [-0.4, -0.2) is 65.0 Å². The van der Waals surface area contributed by atoms with Gasteiger partial charge in [0.1, 0.15) is 11.0 Å². The minimum Gasteiger partial charge on any atom is -0.340 e. The molecule has 162 valence electrons. The van der Waals surface area contributed by atoms with E-state index in [1.165, 1.54) is 0 Å². The number of carbonyl (C=O) groups excluding carboxylic acids is 2. The Kier molecular flexibility index (Phi) is 7.43. The molecule has 2 aromatic rings. The van der Waals surface area contributed by atoms with Crippen LogP contribution >= 0.6 is 11.3 Å². The lowest BCUT2D eigenvalue weighted by Crippen LogP contribution is -2.53. The van der Waals surface area contributed by atoms with Crippen molar-refractivity contribution in [2.45, 2.75) is 31.6 Å². The van der Waals surface area contributed by atoms with Gasteiger partial charge in [-0.15, -0.1) is 11.3 Å². The van der Waals surface area contributed by atoms with Crippen molar-refractivity contribution in [1.29, 1.82) is 0 Å². The minimum absolute atomic E-state index is 0.000816. The lowest BCUT2D eigenvalue weighted by molar-refractivity contribution is -0.175. The maximum atomic E-state index is 13.1. The number of alkyl halides is 3. The van der Waals surface area contributed by atoms with Gasteiger partial charge in [-0.3, -0.25) is 14.5 Å². The van der Waals surface area contributed by atoms with E-state index in [-0.39, 0.29) is 6.42 Å². The van der Waals surface area contributed by atoms with Gasteiger partial charge >= 0.3 is 12.1 Å². The molecule has 6 nitrogen and oxygen atoms in total. The molecule has 2 heterocycles.